The first-order chi connectivity index (χ1) is 10.8. The van der Waals surface area contributed by atoms with Crippen molar-refractivity contribution in [2.24, 2.45) is 5.16 Å². The van der Waals surface area contributed by atoms with Crippen LogP contribution in [0, 0.1) is 11.3 Å². The summed E-state index contributed by atoms with van der Waals surface area (Å²) in [4.78, 5) is 4.73. The Labute approximate surface area is 130 Å². The largest absolute Gasteiger partial charge is 0.489 e. The lowest BCUT2D eigenvalue weighted by molar-refractivity contribution is 0.214. The maximum Gasteiger partial charge on any atom is 0.187 e. The molecule has 0 aliphatic carbocycles. The molecular formula is C18H18N2O2. The van der Waals surface area contributed by atoms with E-state index in [1.54, 1.807) is 0 Å². The van der Waals surface area contributed by atoms with Crippen LogP contribution in [0.5, 0.6) is 5.75 Å². The van der Waals surface area contributed by atoms with Crippen LogP contribution in [-0.2, 0) is 17.9 Å². The van der Waals surface area contributed by atoms with Crippen molar-refractivity contribution in [3.8, 4) is 11.8 Å². The zero-order valence-corrected chi connectivity index (χ0v) is 12.7. The van der Waals surface area contributed by atoms with Gasteiger partial charge in [0.15, 0.2) is 5.71 Å². The van der Waals surface area contributed by atoms with Crippen LogP contribution in [0.4, 0.5) is 0 Å². The van der Waals surface area contributed by atoms with Crippen molar-refractivity contribution < 1.29 is 9.57 Å². The van der Waals surface area contributed by atoms with Gasteiger partial charge in [-0.3, -0.25) is 0 Å². The highest BCUT2D eigenvalue weighted by molar-refractivity contribution is 6.12. The summed E-state index contributed by atoms with van der Waals surface area (Å²) in [6, 6.07) is 17.5. The minimum Gasteiger partial charge on any atom is -0.489 e. The Morgan fingerprint density at radius 1 is 1.09 bits per heavy atom. The minimum absolute atomic E-state index is 0.241. The summed E-state index contributed by atoms with van der Waals surface area (Å²) in [5, 5.41) is 13.0. The van der Waals surface area contributed by atoms with Gasteiger partial charge in [0.1, 0.15) is 25.5 Å². The number of oxime groups is 1. The smallest absolute Gasteiger partial charge is 0.187 e. The van der Waals surface area contributed by atoms with Gasteiger partial charge in [0.25, 0.3) is 0 Å². The van der Waals surface area contributed by atoms with Gasteiger partial charge in [0, 0.05) is 5.56 Å². The highest BCUT2D eigenvalue weighted by Crippen LogP contribution is 2.21. The number of hydrogen-bond donors (Lipinski definition) is 0. The second kappa shape index (κ2) is 7.84. The van der Waals surface area contributed by atoms with E-state index in [1.807, 2.05) is 54.6 Å². The van der Waals surface area contributed by atoms with Gasteiger partial charge in [-0.05, 0) is 23.6 Å². The molecular weight excluding hydrogens is 276 g/mol. The van der Waals surface area contributed by atoms with E-state index in [0.717, 1.165) is 28.9 Å². The van der Waals surface area contributed by atoms with Gasteiger partial charge in [-0.15, -0.1) is 0 Å². The Bertz CT molecular complexity index is 702. The number of nitriles is 1. The van der Waals surface area contributed by atoms with Crippen molar-refractivity contribution in [1.29, 1.82) is 5.26 Å². The third kappa shape index (κ3) is 3.64. The highest BCUT2D eigenvalue weighted by Gasteiger charge is 2.10. The number of rotatable bonds is 6. The van der Waals surface area contributed by atoms with Crippen LogP contribution in [0.2, 0.25) is 0 Å². The van der Waals surface area contributed by atoms with Crippen LogP contribution in [0.1, 0.15) is 23.6 Å². The zero-order chi connectivity index (χ0) is 15.8. The molecule has 2 rings (SSSR count). The molecule has 0 radical (unpaired) electrons. The van der Waals surface area contributed by atoms with Crippen LogP contribution >= 0.6 is 0 Å². The van der Waals surface area contributed by atoms with Gasteiger partial charge in [-0.2, -0.15) is 5.26 Å². The first-order valence-electron chi connectivity index (χ1n) is 7.10. The van der Waals surface area contributed by atoms with Crippen LogP contribution < -0.4 is 4.74 Å². The second-order valence-corrected chi connectivity index (χ2v) is 4.64. The molecule has 0 heterocycles. The molecule has 112 valence electrons. The molecule has 0 N–H and O–H groups in total. The fourth-order valence-corrected chi connectivity index (χ4v) is 2.19. The van der Waals surface area contributed by atoms with E-state index < -0.39 is 0 Å². The Kier molecular flexibility index (Phi) is 5.56. The van der Waals surface area contributed by atoms with Gasteiger partial charge < -0.3 is 9.57 Å². The summed E-state index contributed by atoms with van der Waals surface area (Å²) >= 11 is 0. The lowest BCUT2D eigenvalue weighted by Gasteiger charge is -2.12. The molecule has 0 fully saturated rings. The van der Waals surface area contributed by atoms with Gasteiger partial charge >= 0.3 is 0 Å². The molecule has 4 heteroatoms. The summed E-state index contributed by atoms with van der Waals surface area (Å²) in [5.41, 5.74) is 3.02. The van der Waals surface area contributed by atoms with Crippen molar-refractivity contribution in [2.75, 3.05) is 7.11 Å². The summed E-state index contributed by atoms with van der Waals surface area (Å²) in [6.07, 6.45) is 0.909. The quantitative estimate of drug-likeness (QED) is 0.603. The van der Waals surface area contributed by atoms with Crippen molar-refractivity contribution in [3.05, 3.63) is 65.2 Å². The summed E-state index contributed by atoms with van der Waals surface area (Å²) in [6.45, 7) is 2.47. The maximum atomic E-state index is 9.20. The monoisotopic (exact) mass is 294 g/mol. The van der Waals surface area contributed by atoms with Gasteiger partial charge in [0.2, 0.25) is 0 Å². The summed E-state index contributed by atoms with van der Waals surface area (Å²) in [7, 11) is 1.42. The molecule has 0 unspecified atom stereocenters. The molecule has 0 aliphatic heterocycles. The SMILES string of the molecule is CCc1ccccc1OCc1ccccc1/C(C#N)=N/OC. The van der Waals surface area contributed by atoms with Crippen molar-refractivity contribution in [1.82, 2.24) is 0 Å². The molecule has 2 aromatic rings. The Morgan fingerprint density at radius 2 is 1.77 bits per heavy atom. The summed E-state index contributed by atoms with van der Waals surface area (Å²) < 4.78 is 5.92. The number of aryl methyl sites for hydroxylation is 1. The molecule has 0 spiro atoms. The number of benzene rings is 2. The molecule has 22 heavy (non-hydrogen) atoms. The van der Waals surface area contributed by atoms with E-state index in [-0.39, 0.29) is 5.71 Å². The fourth-order valence-electron chi connectivity index (χ4n) is 2.19. The first-order valence-corrected chi connectivity index (χ1v) is 7.10. The lowest BCUT2D eigenvalue weighted by Crippen LogP contribution is -2.06. The van der Waals surface area contributed by atoms with Crippen LogP contribution in [-0.4, -0.2) is 12.8 Å². The highest BCUT2D eigenvalue weighted by atomic mass is 16.6. The molecule has 0 aliphatic rings. The lowest BCUT2D eigenvalue weighted by atomic mass is 10.0. The van der Waals surface area contributed by atoms with Gasteiger partial charge in [-0.25, -0.2) is 0 Å². The molecule has 0 atom stereocenters. The van der Waals surface area contributed by atoms with Crippen molar-refractivity contribution in [2.45, 2.75) is 20.0 Å². The first kappa shape index (κ1) is 15.6. The molecule has 4 nitrogen and oxygen atoms in total. The number of nitrogens with zero attached hydrogens (tertiary/aromatic N) is 2. The fraction of sp³-hybridized carbons (Fsp3) is 0.222. The third-order valence-electron chi connectivity index (χ3n) is 3.30. The minimum atomic E-state index is 0.241. The second-order valence-electron chi connectivity index (χ2n) is 4.64. The average Bonchev–Trinajstić information content (AvgIpc) is 2.58. The van der Waals surface area contributed by atoms with E-state index >= 15 is 0 Å². The molecule has 0 amide bonds. The zero-order valence-electron chi connectivity index (χ0n) is 12.7. The standard InChI is InChI=1S/C18H18N2O2/c1-3-14-8-5-7-11-18(14)22-13-15-9-4-6-10-16(15)17(12-19)20-21-2/h4-11H,3,13H2,1-2H3/b20-17+. The Balaban J connectivity index is 2.24. The van der Waals surface area contributed by atoms with Crippen LogP contribution in [0.3, 0.4) is 0 Å². The van der Waals surface area contributed by atoms with E-state index in [2.05, 4.69) is 12.1 Å². The average molecular weight is 294 g/mol. The van der Waals surface area contributed by atoms with E-state index in [0.29, 0.717) is 6.61 Å². The predicted octanol–water partition coefficient (Wildman–Crippen LogP) is 3.70. The number of para-hydroxylation sites is 1. The van der Waals surface area contributed by atoms with Crippen molar-refractivity contribution in [3.63, 3.8) is 0 Å². The topological polar surface area (TPSA) is 54.6 Å². The molecule has 0 saturated heterocycles. The van der Waals surface area contributed by atoms with E-state index in [4.69, 9.17) is 9.57 Å². The van der Waals surface area contributed by atoms with E-state index in [9.17, 15) is 5.26 Å². The van der Waals surface area contributed by atoms with Crippen molar-refractivity contribution >= 4 is 5.71 Å². The Morgan fingerprint density at radius 3 is 2.45 bits per heavy atom. The van der Waals surface area contributed by atoms with Gasteiger partial charge in [0.05, 0.1) is 0 Å². The molecule has 2 aromatic carbocycles. The molecule has 0 saturated carbocycles. The van der Waals surface area contributed by atoms with Crippen LogP contribution in [0.25, 0.3) is 0 Å². The Hall–Kier alpha value is -2.80. The normalized spacial score (nSPS) is 10.9. The van der Waals surface area contributed by atoms with E-state index in [1.165, 1.54) is 7.11 Å². The van der Waals surface area contributed by atoms with Gasteiger partial charge in [-0.1, -0.05) is 54.5 Å². The maximum absolute atomic E-state index is 9.20. The summed E-state index contributed by atoms with van der Waals surface area (Å²) in [5.74, 6) is 0.863. The predicted molar refractivity (Wildman–Crippen MR) is 85.8 cm³/mol. The molecule has 0 aromatic heterocycles. The number of hydrogen-bond acceptors (Lipinski definition) is 4. The number of ether oxygens (including phenoxy) is 1. The molecule has 0 bridgehead atoms. The van der Waals surface area contributed by atoms with Crippen LogP contribution in [0.15, 0.2) is 53.7 Å². The third-order valence-corrected chi connectivity index (χ3v) is 3.30.